The SMILES string of the molecule is O=C(NCCc1ccccn1)c1ccc(CN2C(=O)COc3ccccc32)o1. The summed E-state index contributed by atoms with van der Waals surface area (Å²) in [6.45, 7) is 0.681. The molecule has 2 aromatic heterocycles. The molecule has 28 heavy (non-hydrogen) atoms. The third kappa shape index (κ3) is 3.88. The minimum atomic E-state index is -0.295. The molecule has 1 aliphatic rings. The molecule has 142 valence electrons. The Bertz CT molecular complexity index is 984. The molecule has 0 saturated heterocycles. The van der Waals surface area contributed by atoms with Crippen LogP contribution in [-0.4, -0.2) is 29.9 Å². The zero-order valence-corrected chi connectivity index (χ0v) is 15.1. The number of carbonyl (C=O) groups excluding carboxylic acids is 2. The van der Waals surface area contributed by atoms with Gasteiger partial charge in [0.2, 0.25) is 0 Å². The maximum atomic E-state index is 12.3. The summed E-state index contributed by atoms with van der Waals surface area (Å²) in [6.07, 6.45) is 2.36. The van der Waals surface area contributed by atoms with E-state index in [0.29, 0.717) is 30.2 Å². The van der Waals surface area contributed by atoms with Crippen molar-refractivity contribution in [3.05, 3.63) is 78.0 Å². The first-order valence-corrected chi connectivity index (χ1v) is 9.00. The Hall–Kier alpha value is -3.61. The smallest absolute Gasteiger partial charge is 0.287 e. The largest absolute Gasteiger partial charge is 0.482 e. The van der Waals surface area contributed by atoms with Crippen LogP contribution in [0.3, 0.4) is 0 Å². The van der Waals surface area contributed by atoms with Gasteiger partial charge >= 0.3 is 0 Å². The molecule has 1 aliphatic heterocycles. The Morgan fingerprint density at radius 2 is 1.96 bits per heavy atom. The van der Waals surface area contributed by atoms with Gasteiger partial charge in [-0.1, -0.05) is 18.2 Å². The van der Waals surface area contributed by atoms with Crippen molar-refractivity contribution in [2.24, 2.45) is 0 Å². The van der Waals surface area contributed by atoms with Crippen molar-refractivity contribution in [2.75, 3.05) is 18.1 Å². The van der Waals surface area contributed by atoms with Crippen molar-refractivity contribution in [1.29, 1.82) is 0 Å². The Morgan fingerprint density at radius 1 is 1.11 bits per heavy atom. The number of hydrogen-bond acceptors (Lipinski definition) is 5. The second-order valence-corrected chi connectivity index (χ2v) is 6.33. The molecule has 7 heteroatoms. The van der Waals surface area contributed by atoms with E-state index in [1.54, 1.807) is 23.2 Å². The number of anilines is 1. The Morgan fingerprint density at radius 3 is 2.82 bits per heavy atom. The van der Waals surface area contributed by atoms with Crippen LogP contribution in [0.4, 0.5) is 5.69 Å². The third-order valence-electron chi connectivity index (χ3n) is 4.40. The first-order valence-electron chi connectivity index (χ1n) is 9.00. The Balaban J connectivity index is 1.38. The topological polar surface area (TPSA) is 84.7 Å². The molecule has 1 N–H and O–H groups in total. The van der Waals surface area contributed by atoms with Crippen molar-refractivity contribution in [3.8, 4) is 5.75 Å². The van der Waals surface area contributed by atoms with Gasteiger partial charge in [-0.15, -0.1) is 0 Å². The number of pyridine rings is 1. The van der Waals surface area contributed by atoms with Crippen molar-refractivity contribution in [3.63, 3.8) is 0 Å². The number of amides is 2. The lowest BCUT2D eigenvalue weighted by molar-refractivity contribution is -0.121. The van der Waals surface area contributed by atoms with Crippen molar-refractivity contribution >= 4 is 17.5 Å². The van der Waals surface area contributed by atoms with Gasteiger partial charge in [-0.3, -0.25) is 19.5 Å². The normalized spacial score (nSPS) is 13.0. The quantitative estimate of drug-likeness (QED) is 0.714. The number of para-hydroxylation sites is 2. The number of aromatic nitrogens is 1. The average Bonchev–Trinajstić information content (AvgIpc) is 3.20. The lowest BCUT2D eigenvalue weighted by atomic mass is 10.2. The molecule has 0 fully saturated rings. The summed E-state index contributed by atoms with van der Waals surface area (Å²) in [6, 6.07) is 16.3. The number of carbonyl (C=O) groups is 2. The molecule has 0 unspecified atom stereocenters. The first-order chi connectivity index (χ1) is 13.7. The van der Waals surface area contributed by atoms with Gasteiger partial charge in [-0.25, -0.2) is 0 Å². The van der Waals surface area contributed by atoms with Gasteiger partial charge in [0.25, 0.3) is 11.8 Å². The molecule has 1 aromatic carbocycles. The molecule has 0 aliphatic carbocycles. The average molecular weight is 377 g/mol. The summed E-state index contributed by atoms with van der Waals surface area (Å²) in [4.78, 5) is 30.3. The highest BCUT2D eigenvalue weighted by Gasteiger charge is 2.26. The molecule has 0 radical (unpaired) electrons. The molecule has 2 amide bonds. The van der Waals surface area contributed by atoms with Crippen LogP contribution < -0.4 is 15.0 Å². The lowest BCUT2D eigenvalue weighted by Crippen LogP contribution is -2.38. The highest BCUT2D eigenvalue weighted by molar-refractivity contribution is 5.97. The number of nitrogens with one attached hydrogen (secondary N) is 1. The highest BCUT2D eigenvalue weighted by atomic mass is 16.5. The van der Waals surface area contributed by atoms with Gasteiger partial charge in [-0.05, 0) is 36.4 Å². The molecule has 3 aromatic rings. The molecular formula is C21H19N3O4. The lowest BCUT2D eigenvalue weighted by Gasteiger charge is -2.28. The van der Waals surface area contributed by atoms with Gasteiger partial charge in [0.1, 0.15) is 11.5 Å². The summed E-state index contributed by atoms with van der Waals surface area (Å²) in [5, 5.41) is 2.82. The summed E-state index contributed by atoms with van der Waals surface area (Å²) >= 11 is 0. The van der Waals surface area contributed by atoms with E-state index in [0.717, 1.165) is 5.69 Å². The summed E-state index contributed by atoms with van der Waals surface area (Å²) < 4.78 is 11.1. The Labute approximate surface area is 161 Å². The van der Waals surface area contributed by atoms with Crippen LogP contribution in [0.15, 0.2) is 65.2 Å². The van der Waals surface area contributed by atoms with Crippen LogP contribution in [0.1, 0.15) is 22.0 Å². The number of hydrogen-bond donors (Lipinski definition) is 1. The van der Waals surface area contributed by atoms with E-state index in [9.17, 15) is 9.59 Å². The zero-order chi connectivity index (χ0) is 19.3. The second kappa shape index (κ2) is 7.96. The zero-order valence-electron chi connectivity index (χ0n) is 15.1. The van der Waals surface area contributed by atoms with Gasteiger partial charge in [0, 0.05) is 24.9 Å². The number of nitrogens with zero attached hydrogens (tertiary/aromatic N) is 2. The standard InChI is InChI=1S/C21H19N3O4/c25-20-14-27-18-7-2-1-6-17(18)24(20)13-16-8-9-19(28-16)21(26)23-12-10-15-5-3-4-11-22-15/h1-9,11H,10,12-14H2,(H,23,26). The number of rotatable bonds is 6. The van der Waals surface area contributed by atoms with Gasteiger partial charge in [0.05, 0.1) is 12.2 Å². The van der Waals surface area contributed by atoms with E-state index < -0.39 is 0 Å². The number of fused-ring (bicyclic) bond motifs is 1. The second-order valence-electron chi connectivity index (χ2n) is 6.33. The van der Waals surface area contributed by atoms with Gasteiger partial charge in [0.15, 0.2) is 12.4 Å². The maximum absolute atomic E-state index is 12.3. The van der Waals surface area contributed by atoms with Crippen LogP contribution >= 0.6 is 0 Å². The summed E-state index contributed by atoms with van der Waals surface area (Å²) in [5.41, 5.74) is 1.60. The fourth-order valence-electron chi connectivity index (χ4n) is 3.01. The molecular weight excluding hydrogens is 358 g/mol. The van der Waals surface area contributed by atoms with Crippen LogP contribution in [-0.2, 0) is 17.8 Å². The predicted octanol–water partition coefficient (Wildman–Crippen LogP) is 2.57. The van der Waals surface area contributed by atoms with Crippen LogP contribution in [0, 0.1) is 0 Å². The van der Waals surface area contributed by atoms with E-state index in [-0.39, 0.29) is 30.7 Å². The number of benzene rings is 1. The van der Waals surface area contributed by atoms with Crippen molar-refractivity contribution in [1.82, 2.24) is 10.3 Å². The van der Waals surface area contributed by atoms with E-state index >= 15 is 0 Å². The molecule has 4 rings (SSSR count). The highest BCUT2D eigenvalue weighted by Crippen LogP contribution is 2.32. The summed E-state index contributed by atoms with van der Waals surface area (Å²) in [7, 11) is 0. The van der Waals surface area contributed by atoms with E-state index in [4.69, 9.17) is 9.15 Å². The molecule has 7 nitrogen and oxygen atoms in total. The summed E-state index contributed by atoms with van der Waals surface area (Å²) in [5.74, 6) is 0.943. The molecule has 0 bridgehead atoms. The molecule has 3 heterocycles. The monoisotopic (exact) mass is 377 g/mol. The van der Waals surface area contributed by atoms with Crippen LogP contribution in [0.25, 0.3) is 0 Å². The van der Waals surface area contributed by atoms with E-state index in [2.05, 4.69) is 10.3 Å². The van der Waals surface area contributed by atoms with Gasteiger partial charge in [-0.2, -0.15) is 0 Å². The van der Waals surface area contributed by atoms with E-state index in [1.165, 1.54) is 0 Å². The first kappa shape index (κ1) is 17.8. The molecule has 0 saturated carbocycles. The minimum Gasteiger partial charge on any atom is -0.482 e. The fourth-order valence-corrected chi connectivity index (χ4v) is 3.01. The van der Waals surface area contributed by atoms with Crippen LogP contribution in [0.5, 0.6) is 5.75 Å². The van der Waals surface area contributed by atoms with Gasteiger partial charge < -0.3 is 14.5 Å². The number of furan rings is 1. The fraction of sp³-hybridized carbons (Fsp3) is 0.190. The minimum absolute atomic E-state index is 0.0153. The van der Waals surface area contributed by atoms with Crippen molar-refractivity contribution in [2.45, 2.75) is 13.0 Å². The molecule has 0 atom stereocenters. The van der Waals surface area contributed by atoms with Crippen LogP contribution in [0.2, 0.25) is 0 Å². The van der Waals surface area contributed by atoms with Crippen molar-refractivity contribution < 1.29 is 18.7 Å². The molecule has 0 spiro atoms. The maximum Gasteiger partial charge on any atom is 0.287 e. The third-order valence-corrected chi connectivity index (χ3v) is 4.40. The van der Waals surface area contributed by atoms with E-state index in [1.807, 2.05) is 42.5 Å². The Kier molecular flexibility index (Phi) is 5.05. The predicted molar refractivity (Wildman–Crippen MR) is 102 cm³/mol. The number of ether oxygens (including phenoxy) is 1.